The van der Waals surface area contributed by atoms with Gasteiger partial charge in [0.05, 0.1) is 17.1 Å². The third-order valence-corrected chi connectivity index (χ3v) is 8.36. The van der Waals surface area contributed by atoms with Crippen LogP contribution in [0.25, 0.3) is 22.2 Å². The van der Waals surface area contributed by atoms with Gasteiger partial charge in [0.25, 0.3) is 0 Å². The summed E-state index contributed by atoms with van der Waals surface area (Å²) in [7, 11) is 0.342. The Bertz CT molecular complexity index is 1330. The predicted octanol–water partition coefficient (Wildman–Crippen LogP) is 3.05. The molecule has 0 aliphatic carbocycles. The van der Waals surface area contributed by atoms with E-state index in [2.05, 4.69) is 45.0 Å². The number of pyridine rings is 1. The fourth-order valence-corrected chi connectivity index (χ4v) is 6.28. The van der Waals surface area contributed by atoms with E-state index in [-0.39, 0.29) is 6.04 Å². The third-order valence-electron chi connectivity index (χ3n) is 6.62. The van der Waals surface area contributed by atoms with Crippen LogP contribution in [0, 0.1) is 0 Å². The molecule has 0 saturated heterocycles. The van der Waals surface area contributed by atoms with Crippen molar-refractivity contribution in [2.75, 3.05) is 29.8 Å². The van der Waals surface area contributed by atoms with Crippen LogP contribution in [0.1, 0.15) is 19.4 Å². The molecule has 2 aliphatic heterocycles. The summed E-state index contributed by atoms with van der Waals surface area (Å²) in [4.78, 5) is 6.78. The lowest BCUT2D eigenvalue weighted by Gasteiger charge is -2.23. The first kappa shape index (κ1) is 20.8. The summed E-state index contributed by atoms with van der Waals surface area (Å²) >= 11 is 0. The molecule has 0 spiro atoms. The first-order valence-corrected chi connectivity index (χ1v) is 12.5. The van der Waals surface area contributed by atoms with Gasteiger partial charge >= 0.3 is 0 Å². The van der Waals surface area contributed by atoms with Crippen molar-refractivity contribution in [1.29, 1.82) is 0 Å². The van der Waals surface area contributed by atoms with E-state index in [9.17, 15) is 8.42 Å². The molecular weight excluding hydrogens is 424 g/mol. The van der Waals surface area contributed by atoms with Crippen LogP contribution >= 0.6 is 0 Å². The minimum absolute atomic E-state index is 0.225. The highest BCUT2D eigenvalue weighted by molar-refractivity contribution is 7.94. The second-order valence-corrected chi connectivity index (χ2v) is 10.4. The fourth-order valence-electron chi connectivity index (χ4n) is 4.79. The second-order valence-electron chi connectivity index (χ2n) is 8.60. The van der Waals surface area contributed by atoms with E-state index in [0.29, 0.717) is 12.2 Å². The van der Waals surface area contributed by atoms with Gasteiger partial charge in [0.1, 0.15) is 10.9 Å². The summed E-state index contributed by atoms with van der Waals surface area (Å²) < 4.78 is 31.4. The van der Waals surface area contributed by atoms with Gasteiger partial charge in [0.2, 0.25) is 10.0 Å². The zero-order valence-electron chi connectivity index (χ0n) is 18.8. The molecule has 2 aromatic heterocycles. The number of sulfonamides is 1. The number of rotatable bonds is 5. The SMILES string of the molecule is CCN1N=CC(S(=O)(=O)Nc2ccnc3c2c(-c2ccc4c(c2)N(C)CC4)cn3C)C1C. The highest BCUT2D eigenvalue weighted by Crippen LogP contribution is 2.38. The Morgan fingerprint density at radius 2 is 2.03 bits per heavy atom. The molecule has 0 saturated carbocycles. The molecule has 32 heavy (non-hydrogen) atoms. The summed E-state index contributed by atoms with van der Waals surface area (Å²) in [6.45, 7) is 5.53. The Hall–Kier alpha value is -3.07. The van der Waals surface area contributed by atoms with E-state index in [1.165, 1.54) is 17.5 Å². The summed E-state index contributed by atoms with van der Waals surface area (Å²) in [5.41, 5.74) is 5.84. The van der Waals surface area contributed by atoms with Crippen LogP contribution in [-0.2, 0) is 23.5 Å². The maximum absolute atomic E-state index is 13.3. The molecule has 0 bridgehead atoms. The van der Waals surface area contributed by atoms with Gasteiger partial charge in [-0.25, -0.2) is 13.4 Å². The van der Waals surface area contributed by atoms with Crippen molar-refractivity contribution >= 4 is 38.6 Å². The molecule has 2 aliphatic rings. The highest BCUT2D eigenvalue weighted by atomic mass is 32.2. The van der Waals surface area contributed by atoms with Crippen molar-refractivity contribution in [3.63, 3.8) is 0 Å². The number of hydrogen-bond donors (Lipinski definition) is 1. The highest BCUT2D eigenvalue weighted by Gasteiger charge is 2.37. The maximum Gasteiger partial charge on any atom is 0.242 e. The smallest absolute Gasteiger partial charge is 0.242 e. The van der Waals surface area contributed by atoms with Crippen LogP contribution in [0.3, 0.4) is 0 Å². The minimum atomic E-state index is -3.69. The van der Waals surface area contributed by atoms with Gasteiger partial charge in [-0.3, -0.25) is 9.73 Å². The summed E-state index contributed by atoms with van der Waals surface area (Å²) in [6.07, 6.45) is 6.23. The number of aromatic nitrogens is 2. The zero-order chi connectivity index (χ0) is 22.6. The minimum Gasteiger partial charge on any atom is -0.374 e. The average molecular weight is 453 g/mol. The van der Waals surface area contributed by atoms with Crippen LogP contribution in [-0.4, -0.2) is 60.6 Å². The standard InChI is InChI=1S/C23H28N6O2S/c1-5-29-15(2)21(13-25-29)32(30,31)26-19-8-10-24-23-22(19)18(14-28(23)4)17-7-6-16-9-11-27(3)20(16)12-17/h6-8,10,12-15,21H,5,9,11H2,1-4H3,(H,24,26). The van der Waals surface area contributed by atoms with Crippen LogP contribution in [0.4, 0.5) is 11.4 Å². The molecular formula is C23H28N6O2S. The van der Waals surface area contributed by atoms with Gasteiger partial charge in [0, 0.05) is 57.0 Å². The molecule has 0 amide bonds. The Balaban J connectivity index is 1.59. The van der Waals surface area contributed by atoms with Crippen LogP contribution in [0.15, 0.2) is 41.8 Å². The van der Waals surface area contributed by atoms with Gasteiger partial charge in [-0.1, -0.05) is 12.1 Å². The van der Waals surface area contributed by atoms with E-state index in [1.807, 2.05) is 31.7 Å². The molecule has 4 heterocycles. The van der Waals surface area contributed by atoms with Crippen molar-refractivity contribution in [2.24, 2.45) is 12.1 Å². The van der Waals surface area contributed by atoms with Gasteiger partial charge in [-0.15, -0.1) is 0 Å². The molecule has 9 heteroatoms. The van der Waals surface area contributed by atoms with Gasteiger partial charge in [-0.2, -0.15) is 5.10 Å². The van der Waals surface area contributed by atoms with Gasteiger partial charge < -0.3 is 9.47 Å². The number of aryl methyl sites for hydroxylation is 1. The number of nitrogens with zero attached hydrogens (tertiary/aromatic N) is 5. The van der Waals surface area contributed by atoms with Gasteiger partial charge in [-0.05, 0) is 43.5 Å². The molecule has 0 fully saturated rings. The lowest BCUT2D eigenvalue weighted by atomic mass is 10.0. The Morgan fingerprint density at radius 1 is 1.22 bits per heavy atom. The van der Waals surface area contributed by atoms with E-state index >= 15 is 0 Å². The average Bonchev–Trinajstić information content (AvgIpc) is 3.44. The van der Waals surface area contributed by atoms with Crippen molar-refractivity contribution < 1.29 is 8.42 Å². The third kappa shape index (κ3) is 3.23. The zero-order valence-corrected chi connectivity index (χ0v) is 19.6. The quantitative estimate of drug-likeness (QED) is 0.643. The predicted molar refractivity (Wildman–Crippen MR) is 130 cm³/mol. The first-order valence-electron chi connectivity index (χ1n) is 10.9. The molecule has 1 N–H and O–H groups in total. The molecule has 2 unspecified atom stereocenters. The lowest BCUT2D eigenvalue weighted by molar-refractivity contribution is 0.260. The van der Waals surface area contributed by atoms with Crippen LogP contribution in [0.2, 0.25) is 0 Å². The molecule has 168 valence electrons. The first-order chi connectivity index (χ1) is 15.3. The van der Waals surface area contributed by atoms with Crippen molar-refractivity contribution in [3.8, 4) is 11.1 Å². The van der Waals surface area contributed by atoms with Gasteiger partial charge in [0.15, 0.2) is 0 Å². The number of nitrogens with one attached hydrogen (secondary N) is 1. The molecule has 2 atom stereocenters. The fraction of sp³-hybridized carbons (Fsp3) is 0.391. The summed E-state index contributed by atoms with van der Waals surface area (Å²) in [6, 6.07) is 7.98. The largest absolute Gasteiger partial charge is 0.374 e. The maximum atomic E-state index is 13.3. The normalized spacial score (nSPS) is 20.4. The topological polar surface area (TPSA) is 82.8 Å². The monoisotopic (exact) mass is 452 g/mol. The Kier molecular flexibility index (Phi) is 4.88. The van der Waals surface area contributed by atoms with E-state index in [1.54, 1.807) is 17.3 Å². The Morgan fingerprint density at radius 3 is 2.78 bits per heavy atom. The van der Waals surface area contributed by atoms with E-state index < -0.39 is 15.3 Å². The molecule has 0 radical (unpaired) electrons. The van der Waals surface area contributed by atoms with Crippen LogP contribution < -0.4 is 9.62 Å². The molecule has 3 aromatic rings. The van der Waals surface area contributed by atoms with Crippen molar-refractivity contribution in [1.82, 2.24) is 14.6 Å². The summed E-state index contributed by atoms with van der Waals surface area (Å²) in [5, 5.41) is 6.14. The molecule has 8 nitrogen and oxygen atoms in total. The van der Waals surface area contributed by atoms with Crippen molar-refractivity contribution in [3.05, 3.63) is 42.2 Å². The number of benzene rings is 1. The number of likely N-dealkylation sites (N-methyl/N-ethyl adjacent to an activating group) is 1. The van der Waals surface area contributed by atoms with E-state index in [0.717, 1.165) is 35.1 Å². The molecule has 5 rings (SSSR count). The Labute approximate surface area is 188 Å². The van der Waals surface area contributed by atoms with Crippen LogP contribution in [0.5, 0.6) is 0 Å². The molecule has 1 aromatic carbocycles. The number of anilines is 2. The van der Waals surface area contributed by atoms with E-state index in [4.69, 9.17) is 0 Å². The number of hydrogen-bond acceptors (Lipinski definition) is 6. The number of fused-ring (bicyclic) bond motifs is 2. The van der Waals surface area contributed by atoms with Crippen molar-refractivity contribution in [2.45, 2.75) is 31.6 Å². The second kappa shape index (κ2) is 7.51. The number of hydrazone groups is 1. The summed E-state index contributed by atoms with van der Waals surface area (Å²) in [5.74, 6) is 0. The lowest BCUT2D eigenvalue weighted by Crippen LogP contribution is -2.40.